The van der Waals surface area contributed by atoms with Gasteiger partial charge in [-0.2, -0.15) is 0 Å². The van der Waals surface area contributed by atoms with Crippen molar-refractivity contribution in [3.63, 3.8) is 0 Å². The first-order chi connectivity index (χ1) is 7.20. The van der Waals surface area contributed by atoms with Gasteiger partial charge in [0.15, 0.2) is 0 Å². The van der Waals surface area contributed by atoms with Crippen LogP contribution in [0.15, 0.2) is 23.6 Å². The van der Waals surface area contributed by atoms with Crippen LogP contribution in [0.1, 0.15) is 0 Å². The lowest BCUT2D eigenvalue weighted by atomic mass is 10.2. The van der Waals surface area contributed by atoms with Crippen LogP contribution in [0, 0.1) is 0 Å². The van der Waals surface area contributed by atoms with Crippen molar-refractivity contribution in [3.8, 4) is 16.3 Å². The summed E-state index contributed by atoms with van der Waals surface area (Å²) in [6, 6.07) is 5.54. The lowest BCUT2D eigenvalue weighted by molar-refractivity contribution is 0.415. The molecule has 0 saturated carbocycles. The number of methoxy groups -OCH3 is 1. The van der Waals surface area contributed by atoms with Gasteiger partial charge in [0.05, 0.1) is 12.1 Å². The van der Waals surface area contributed by atoms with Crippen LogP contribution in [0.4, 0.5) is 5.82 Å². The van der Waals surface area contributed by atoms with Gasteiger partial charge >= 0.3 is 0 Å². The first-order valence-corrected chi connectivity index (χ1v) is 5.51. The van der Waals surface area contributed by atoms with Crippen LogP contribution < -0.4 is 10.5 Å². The molecule has 0 radical (unpaired) electrons. The fourth-order valence-electron chi connectivity index (χ4n) is 1.22. The predicted octanol–water partition coefficient (Wildman–Crippen LogP) is 3.05. The molecule has 1 aromatic heterocycles. The van der Waals surface area contributed by atoms with Crippen LogP contribution in [0.25, 0.3) is 10.6 Å². The molecule has 78 valence electrons. The number of anilines is 1. The molecule has 0 unspecified atom stereocenters. The van der Waals surface area contributed by atoms with E-state index in [0.29, 0.717) is 16.6 Å². The van der Waals surface area contributed by atoms with Crippen LogP contribution in [0.5, 0.6) is 5.75 Å². The summed E-state index contributed by atoms with van der Waals surface area (Å²) in [5, 5.41) is 3.23. The first kappa shape index (κ1) is 10.3. The zero-order valence-electron chi connectivity index (χ0n) is 8.03. The summed E-state index contributed by atoms with van der Waals surface area (Å²) in [5.41, 5.74) is 6.50. The Kier molecular flexibility index (Phi) is 2.79. The zero-order valence-corrected chi connectivity index (χ0v) is 9.60. The monoisotopic (exact) mass is 240 g/mol. The number of aromatic nitrogens is 1. The van der Waals surface area contributed by atoms with E-state index >= 15 is 0 Å². The zero-order chi connectivity index (χ0) is 10.8. The number of nitrogens with zero attached hydrogens (tertiary/aromatic N) is 1. The molecule has 3 nitrogen and oxygen atoms in total. The molecule has 2 N–H and O–H groups in total. The van der Waals surface area contributed by atoms with E-state index in [4.69, 9.17) is 22.1 Å². The smallest absolute Gasteiger partial charge is 0.137 e. The summed E-state index contributed by atoms with van der Waals surface area (Å²) in [6.45, 7) is 0. The summed E-state index contributed by atoms with van der Waals surface area (Å²) < 4.78 is 5.07. The molecule has 15 heavy (non-hydrogen) atoms. The average molecular weight is 241 g/mol. The average Bonchev–Trinajstić information content (AvgIpc) is 2.65. The Labute approximate surface area is 96.5 Å². The molecule has 0 spiro atoms. The largest absolute Gasteiger partial charge is 0.495 e. The predicted molar refractivity (Wildman–Crippen MR) is 63.5 cm³/mol. The maximum Gasteiger partial charge on any atom is 0.137 e. The van der Waals surface area contributed by atoms with Crippen molar-refractivity contribution in [2.24, 2.45) is 0 Å². The van der Waals surface area contributed by atoms with Crippen LogP contribution >= 0.6 is 22.9 Å². The third-order valence-electron chi connectivity index (χ3n) is 1.92. The van der Waals surface area contributed by atoms with Crippen molar-refractivity contribution in [2.45, 2.75) is 0 Å². The van der Waals surface area contributed by atoms with Gasteiger partial charge in [0.1, 0.15) is 16.6 Å². The van der Waals surface area contributed by atoms with Gasteiger partial charge in [-0.25, -0.2) is 4.98 Å². The van der Waals surface area contributed by atoms with Gasteiger partial charge in [0, 0.05) is 10.9 Å². The molecular weight excluding hydrogens is 232 g/mol. The van der Waals surface area contributed by atoms with Crippen LogP contribution in [0.3, 0.4) is 0 Å². The number of ether oxygens (including phenoxy) is 1. The molecule has 1 aromatic carbocycles. The minimum Gasteiger partial charge on any atom is -0.495 e. The van der Waals surface area contributed by atoms with E-state index in [1.807, 2.05) is 18.2 Å². The Balaban J connectivity index is 2.42. The van der Waals surface area contributed by atoms with Crippen molar-refractivity contribution >= 4 is 28.8 Å². The third kappa shape index (κ3) is 2.06. The van der Waals surface area contributed by atoms with Gasteiger partial charge < -0.3 is 10.5 Å². The number of nitrogens with two attached hydrogens (primary N) is 1. The first-order valence-electron chi connectivity index (χ1n) is 4.25. The number of hydrogen-bond donors (Lipinski definition) is 1. The van der Waals surface area contributed by atoms with Gasteiger partial charge in [-0.15, -0.1) is 11.3 Å². The molecule has 2 aromatic rings. The van der Waals surface area contributed by atoms with Gasteiger partial charge in [0.25, 0.3) is 0 Å². The highest BCUT2D eigenvalue weighted by Gasteiger charge is 2.06. The Bertz CT molecular complexity index is 484. The topological polar surface area (TPSA) is 48.1 Å². The maximum atomic E-state index is 6.01. The second-order valence-electron chi connectivity index (χ2n) is 2.93. The molecule has 0 amide bonds. The van der Waals surface area contributed by atoms with Gasteiger partial charge in [-0.1, -0.05) is 11.6 Å². The second-order valence-corrected chi connectivity index (χ2v) is 4.19. The summed E-state index contributed by atoms with van der Waals surface area (Å²) >= 11 is 7.50. The lowest BCUT2D eigenvalue weighted by Crippen LogP contribution is -1.86. The Morgan fingerprint density at radius 2 is 2.27 bits per heavy atom. The molecule has 0 aliphatic rings. The van der Waals surface area contributed by atoms with E-state index < -0.39 is 0 Å². The Morgan fingerprint density at radius 3 is 2.80 bits per heavy atom. The van der Waals surface area contributed by atoms with E-state index in [1.165, 1.54) is 11.3 Å². The number of hydrogen-bond acceptors (Lipinski definition) is 4. The van der Waals surface area contributed by atoms with E-state index in [9.17, 15) is 0 Å². The van der Waals surface area contributed by atoms with Crippen molar-refractivity contribution in [1.82, 2.24) is 4.98 Å². The molecule has 0 saturated heterocycles. The fourth-order valence-corrected chi connectivity index (χ4v) is 2.18. The van der Waals surface area contributed by atoms with Gasteiger partial charge in [-0.05, 0) is 18.2 Å². The van der Waals surface area contributed by atoms with E-state index in [2.05, 4.69) is 4.98 Å². The van der Waals surface area contributed by atoms with Crippen LogP contribution in [-0.4, -0.2) is 12.1 Å². The van der Waals surface area contributed by atoms with E-state index in [0.717, 1.165) is 10.6 Å². The third-order valence-corrected chi connectivity index (χ3v) is 3.13. The second kappa shape index (κ2) is 4.08. The van der Waals surface area contributed by atoms with Crippen molar-refractivity contribution in [3.05, 3.63) is 28.6 Å². The summed E-state index contributed by atoms with van der Waals surface area (Å²) in [4.78, 5) is 4.17. The van der Waals surface area contributed by atoms with E-state index in [-0.39, 0.29) is 0 Å². The van der Waals surface area contributed by atoms with Crippen molar-refractivity contribution in [2.75, 3.05) is 12.8 Å². The molecule has 0 atom stereocenters. The molecule has 2 rings (SSSR count). The Hall–Kier alpha value is -1.26. The number of benzene rings is 1. The Morgan fingerprint density at radius 1 is 1.47 bits per heavy atom. The van der Waals surface area contributed by atoms with Crippen molar-refractivity contribution in [1.29, 1.82) is 0 Å². The highest BCUT2D eigenvalue weighted by molar-refractivity contribution is 7.13. The molecule has 0 fully saturated rings. The maximum absolute atomic E-state index is 6.01. The standard InChI is InChI=1S/C10H9ClN2OS/c1-14-8-3-2-6(4-7(8)11)10-13-9(12)5-15-10/h2-5H,12H2,1H3. The van der Waals surface area contributed by atoms with Gasteiger partial charge in [0.2, 0.25) is 0 Å². The molecular formula is C10H9ClN2OS. The molecule has 5 heteroatoms. The number of thiazole rings is 1. The molecule has 1 heterocycles. The van der Waals surface area contributed by atoms with Crippen LogP contribution in [-0.2, 0) is 0 Å². The minimum absolute atomic E-state index is 0.530. The highest BCUT2D eigenvalue weighted by Crippen LogP contribution is 2.31. The summed E-state index contributed by atoms with van der Waals surface area (Å²) in [6.07, 6.45) is 0. The van der Waals surface area contributed by atoms with E-state index in [1.54, 1.807) is 12.5 Å². The fraction of sp³-hybridized carbons (Fsp3) is 0.100. The summed E-state index contributed by atoms with van der Waals surface area (Å²) in [5.74, 6) is 1.19. The SMILES string of the molecule is COc1ccc(-c2nc(N)cs2)cc1Cl. The van der Waals surface area contributed by atoms with Crippen LogP contribution in [0.2, 0.25) is 5.02 Å². The normalized spacial score (nSPS) is 10.3. The minimum atomic E-state index is 0.530. The molecule has 0 aliphatic carbocycles. The number of halogens is 1. The highest BCUT2D eigenvalue weighted by atomic mass is 35.5. The molecule has 0 aliphatic heterocycles. The lowest BCUT2D eigenvalue weighted by Gasteiger charge is -2.03. The van der Waals surface area contributed by atoms with Gasteiger partial charge in [-0.3, -0.25) is 0 Å². The number of rotatable bonds is 2. The van der Waals surface area contributed by atoms with Crippen molar-refractivity contribution < 1.29 is 4.74 Å². The molecule has 0 bridgehead atoms. The number of nitrogen functional groups attached to an aromatic ring is 1. The summed E-state index contributed by atoms with van der Waals surface area (Å²) in [7, 11) is 1.59. The quantitative estimate of drug-likeness (QED) is 0.878.